The van der Waals surface area contributed by atoms with E-state index in [1.54, 1.807) is 18.0 Å². The third-order valence-corrected chi connectivity index (χ3v) is 2.61. The molecule has 1 unspecified atom stereocenters. The quantitative estimate of drug-likeness (QED) is 0.688. The van der Waals surface area contributed by atoms with Crippen LogP contribution in [0, 0.1) is 0 Å². The molecule has 1 aliphatic heterocycles. The maximum atomic E-state index is 5.34. The summed E-state index contributed by atoms with van der Waals surface area (Å²) in [6.07, 6.45) is 2.75. The van der Waals surface area contributed by atoms with Gasteiger partial charge in [-0.25, -0.2) is 0 Å². The van der Waals surface area contributed by atoms with Gasteiger partial charge in [0.25, 0.3) is 0 Å². The fourth-order valence-electron chi connectivity index (χ4n) is 1.17. The van der Waals surface area contributed by atoms with Crippen molar-refractivity contribution in [3.05, 3.63) is 47.6 Å². The van der Waals surface area contributed by atoms with Crippen molar-refractivity contribution in [3.8, 4) is 0 Å². The third kappa shape index (κ3) is 1.83. The molecule has 1 atom stereocenters. The summed E-state index contributed by atoms with van der Waals surface area (Å²) in [6.45, 7) is 0. The van der Waals surface area contributed by atoms with Gasteiger partial charge in [0.1, 0.15) is 0 Å². The lowest BCUT2D eigenvalue weighted by Crippen LogP contribution is -2.04. The Labute approximate surface area is 76.4 Å². The SMILES string of the molecule is C1=CSC(Cc2ccccc2)O1. The first-order valence-corrected chi connectivity index (χ1v) is 4.89. The summed E-state index contributed by atoms with van der Waals surface area (Å²) in [4.78, 5) is 0. The van der Waals surface area contributed by atoms with Crippen LogP contribution >= 0.6 is 11.8 Å². The maximum absolute atomic E-state index is 5.34. The normalized spacial score (nSPS) is 20.8. The van der Waals surface area contributed by atoms with Gasteiger partial charge in [-0.3, -0.25) is 0 Å². The Kier molecular flexibility index (Phi) is 2.37. The van der Waals surface area contributed by atoms with Crippen molar-refractivity contribution in [2.24, 2.45) is 0 Å². The molecule has 1 aromatic rings. The Hall–Kier alpha value is -0.890. The summed E-state index contributed by atoms with van der Waals surface area (Å²) in [5.74, 6) is 0. The minimum atomic E-state index is 0.285. The smallest absolute Gasteiger partial charge is 0.151 e. The first-order chi connectivity index (χ1) is 5.95. The predicted molar refractivity (Wildman–Crippen MR) is 51.8 cm³/mol. The van der Waals surface area contributed by atoms with Gasteiger partial charge in [-0.2, -0.15) is 0 Å². The van der Waals surface area contributed by atoms with E-state index in [0.717, 1.165) is 6.42 Å². The van der Waals surface area contributed by atoms with E-state index in [4.69, 9.17) is 4.74 Å². The van der Waals surface area contributed by atoms with E-state index in [0.29, 0.717) is 0 Å². The monoisotopic (exact) mass is 178 g/mol. The number of ether oxygens (including phenoxy) is 1. The highest BCUT2D eigenvalue weighted by molar-refractivity contribution is 8.02. The highest BCUT2D eigenvalue weighted by Gasteiger charge is 2.11. The van der Waals surface area contributed by atoms with Crippen LogP contribution in [0.3, 0.4) is 0 Å². The fraction of sp³-hybridized carbons (Fsp3) is 0.200. The lowest BCUT2D eigenvalue weighted by molar-refractivity contribution is 0.231. The van der Waals surface area contributed by atoms with E-state index in [-0.39, 0.29) is 5.44 Å². The number of rotatable bonds is 2. The molecule has 0 aromatic heterocycles. The summed E-state index contributed by atoms with van der Waals surface area (Å²) >= 11 is 1.73. The molecule has 62 valence electrons. The number of hydrogen-bond donors (Lipinski definition) is 0. The molecule has 1 aliphatic rings. The lowest BCUT2D eigenvalue weighted by atomic mass is 10.2. The Morgan fingerprint density at radius 3 is 2.75 bits per heavy atom. The summed E-state index contributed by atoms with van der Waals surface area (Å²) in [6, 6.07) is 10.4. The summed E-state index contributed by atoms with van der Waals surface area (Å²) in [5, 5.41) is 1.99. The van der Waals surface area contributed by atoms with Crippen molar-refractivity contribution in [2.75, 3.05) is 0 Å². The molecule has 1 nitrogen and oxygen atoms in total. The van der Waals surface area contributed by atoms with Gasteiger partial charge in [-0.1, -0.05) is 42.1 Å². The van der Waals surface area contributed by atoms with E-state index in [1.165, 1.54) is 5.56 Å². The molecule has 0 spiro atoms. The standard InChI is InChI=1S/C10H10OS/c1-2-4-9(5-3-1)8-10-11-6-7-12-10/h1-7,10H,8H2. The first-order valence-electron chi connectivity index (χ1n) is 3.95. The maximum Gasteiger partial charge on any atom is 0.151 e. The van der Waals surface area contributed by atoms with Gasteiger partial charge in [0, 0.05) is 11.8 Å². The van der Waals surface area contributed by atoms with Crippen molar-refractivity contribution in [3.63, 3.8) is 0 Å². The molecule has 2 rings (SSSR count). The minimum absolute atomic E-state index is 0.285. The van der Waals surface area contributed by atoms with Gasteiger partial charge in [0.15, 0.2) is 5.44 Å². The van der Waals surface area contributed by atoms with Crippen LogP contribution in [0.2, 0.25) is 0 Å². The highest BCUT2D eigenvalue weighted by atomic mass is 32.2. The Morgan fingerprint density at radius 1 is 1.25 bits per heavy atom. The van der Waals surface area contributed by atoms with E-state index >= 15 is 0 Å². The van der Waals surface area contributed by atoms with Crippen molar-refractivity contribution < 1.29 is 4.74 Å². The van der Waals surface area contributed by atoms with E-state index < -0.39 is 0 Å². The van der Waals surface area contributed by atoms with Gasteiger partial charge < -0.3 is 4.74 Å². The van der Waals surface area contributed by atoms with Gasteiger partial charge in [-0.15, -0.1) is 0 Å². The van der Waals surface area contributed by atoms with Crippen molar-refractivity contribution in [1.82, 2.24) is 0 Å². The molecule has 0 radical (unpaired) electrons. The number of benzene rings is 1. The van der Waals surface area contributed by atoms with E-state index in [9.17, 15) is 0 Å². The molecule has 0 bridgehead atoms. The van der Waals surface area contributed by atoms with Crippen LogP contribution < -0.4 is 0 Å². The second-order valence-electron chi connectivity index (χ2n) is 2.66. The predicted octanol–water partition coefficient (Wildman–Crippen LogP) is 2.79. The van der Waals surface area contributed by atoms with Crippen LogP contribution in [0.25, 0.3) is 0 Å². The van der Waals surface area contributed by atoms with Gasteiger partial charge in [0.05, 0.1) is 6.26 Å². The summed E-state index contributed by atoms with van der Waals surface area (Å²) in [7, 11) is 0. The molecular weight excluding hydrogens is 168 g/mol. The van der Waals surface area contributed by atoms with Gasteiger partial charge in [0.2, 0.25) is 0 Å². The van der Waals surface area contributed by atoms with E-state index in [1.807, 2.05) is 11.5 Å². The Bertz CT molecular complexity index is 260. The van der Waals surface area contributed by atoms with Crippen molar-refractivity contribution in [1.29, 1.82) is 0 Å². The zero-order chi connectivity index (χ0) is 8.23. The molecule has 0 saturated heterocycles. The molecule has 0 N–H and O–H groups in total. The van der Waals surface area contributed by atoms with Crippen LogP contribution in [-0.2, 0) is 11.2 Å². The average Bonchev–Trinajstić information content (AvgIpc) is 2.59. The second-order valence-corrected chi connectivity index (χ2v) is 3.73. The van der Waals surface area contributed by atoms with Crippen LogP contribution in [-0.4, -0.2) is 5.44 Å². The molecule has 0 fully saturated rings. The molecule has 2 heteroatoms. The molecule has 0 saturated carbocycles. The minimum Gasteiger partial charge on any atom is -0.486 e. The average molecular weight is 178 g/mol. The zero-order valence-electron chi connectivity index (χ0n) is 6.64. The van der Waals surface area contributed by atoms with Crippen molar-refractivity contribution in [2.45, 2.75) is 11.9 Å². The van der Waals surface area contributed by atoms with Crippen LogP contribution in [0.1, 0.15) is 5.56 Å². The fourth-order valence-corrected chi connectivity index (χ4v) is 1.89. The number of thioether (sulfide) groups is 1. The lowest BCUT2D eigenvalue weighted by Gasteiger charge is -2.08. The second kappa shape index (κ2) is 3.68. The summed E-state index contributed by atoms with van der Waals surface area (Å²) in [5.41, 5.74) is 1.62. The molecule has 0 amide bonds. The number of hydrogen-bond acceptors (Lipinski definition) is 2. The zero-order valence-corrected chi connectivity index (χ0v) is 7.46. The molecule has 1 heterocycles. The highest BCUT2D eigenvalue weighted by Crippen LogP contribution is 2.24. The molecule has 0 aliphatic carbocycles. The van der Waals surface area contributed by atoms with Crippen LogP contribution in [0.4, 0.5) is 0 Å². The third-order valence-electron chi connectivity index (χ3n) is 1.76. The molecule has 12 heavy (non-hydrogen) atoms. The van der Waals surface area contributed by atoms with Crippen LogP contribution in [0.5, 0.6) is 0 Å². The van der Waals surface area contributed by atoms with E-state index in [2.05, 4.69) is 24.3 Å². The first kappa shape index (κ1) is 7.74. The summed E-state index contributed by atoms with van der Waals surface area (Å²) < 4.78 is 5.34. The van der Waals surface area contributed by atoms with Gasteiger partial charge >= 0.3 is 0 Å². The van der Waals surface area contributed by atoms with Crippen molar-refractivity contribution >= 4 is 11.8 Å². The van der Waals surface area contributed by atoms with Gasteiger partial charge in [-0.05, 0) is 5.56 Å². The molecule has 1 aromatic carbocycles. The largest absolute Gasteiger partial charge is 0.486 e. The topological polar surface area (TPSA) is 9.23 Å². The molecular formula is C10H10OS. The Morgan fingerprint density at radius 2 is 2.08 bits per heavy atom. The Balaban J connectivity index is 1.95. The van der Waals surface area contributed by atoms with Crippen LogP contribution in [0.15, 0.2) is 42.0 Å².